The van der Waals surface area contributed by atoms with Crippen molar-refractivity contribution in [2.24, 2.45) is 0 Å². The molecule has 6 nitrogen and oxygen atoms in total. The van der Waals surface area contributed by atoms with E-state index in [1.165, 1.54) is 0 Å². The van der Waals surface area contributed by atoms with Crippen molar-refractivity contribution in [2.45, 2.75) is 13.8 Å². The molecule has 0 bridgehead atoms. The van der Waals surface area contributed by atoms with Gasteiger partial charge in [-0.3, -0.25) is 0 Å². The third-order valence-corrected chi connectivity index (χ3v) is 1.68. The number of hydrogen-bond donors (Lipinski definition) is 0. The van der Waals surface area contributed by atoms with Gasteiger partial charge in [0.05, 0.1) is 26.4 Å². The highest BCUT2D eigenvalue weighted by molar-refractivity contribution is 5.59. The van der Waals surface area contributed by atoms with Crippen molar-refractivity contribution < 1.29 is 28.5 Å². The van der Waals surface area contributed by atoms with Crippen LogP contribution >= 0.6 is 0 Å². The van der Waals surface area contributed by atoms with Gasteiger partial charge in [0.15, 0.2) is 0 Å². The fourth-order valence-corrected chi connectivity index (χ4v) is 0.918. The summed E-state index contributed by atoms with van der Waals surface area (Å²) >= 11 is 0. The Morgan fingerprint density at radius 3 is 1.65 bits per heavy atom. The molecule has 6 heteroatoms. The van der Waals surface area contributed by atoms with Crippen molar-refractivity contribution in [2.75, 3.05) is 52.9 Å². The molecule has 17 heavy (non-hydrogen) atoms. The third kappa shape index (κ3) is 13.1. The van der Waals surface area contributed by atoms with Crippen molar-refractivity contribution in [3.63, 3.8) is 0 Å². The molecule has 0 aromatic heterocycles. The van der Waals surface area contributed by atoms with Crippen molar-refractivity contribution >= 4 is 6.16 Å². The van der Waals surface area contributed by atoms with Crippen LogP contribution in [0.3, 0.4) is 0 Å². The molecule has 0 saturated heterocycles. The van der Waals surface area contributed by atoms with Gasteiger partial charge >= 0.3 is 6.16 Å². The molecule has 0 unspecified atom stereocenters. The monoisotopic (exact) mass is 250 g/mol. The highest BCUT2D eigenvalue weighted by atomic mass is 16.7. The van der Waals surface area contributed by atoms with Gasteiger partial charge in [0.1, 0.15) is 13.2 Å². The number of carbonyl (C=O) groups excluding carboxylic acids is 1. The number of ether oxygens (including phenoxy) is 5. The van der Waals surface area contributed by atoms with E-state index in [9.17, 15) is 4.79 Å². The maximum Gasteiger partial charge on any atom is 0.508 e. The molecule has 0 aliphatic rings. The Morgan fingerprint density at radius 2 is 1.12 bits per heavy atom. The summed E-state index contributed by atoms with van der Waals surface area (Å²) in [5.41, 5.74) is 0. The minimum Gasteiger partial charge on any atom is -0.432 e. The van der Waals surface area contributed by atoms with E-state index in [4.69, 9.17) is 23.7 Å². The Morgan fingerprint density at radius 1 is 0.706 bits per heavy atom. The van der Waals surface area contributed by atoms with Crippen LogP contribution in [-0.2, 0) is 23.7 Å². The van der Waals surface area contributed by atoms with Crippen LogP contribution in [0, 0.1) is 0 Å². The minimum atomic E-state index is -0.696. The summed E-state index contributed by atoms with van der Waals surface area (Å²) in [6.45, 7) is 7.23. The van der Waals surface area contributed by atoms with Crippen molar-refractivity contribution in [1.82, 2.24) is 0 Å². The van der Waals surface area contributed by atoms with E-state index in [0.29, 0.717) is 39.6 Å². The first-order chi connectivity index (χ1) is 8.31. The predicted molar refractivity (Wildman–Crippen MR) is 61.1 cm³/mol. The molecule has 0 aliphatic heterocycles. The van der Waals surface area contributed by atoms with Crippen LogP contribution < -0.4 is 0 Å². The largest absolute Gasteiger partial charge is 0.508 e. The van der Waals surface area contributed by atoms with Crippen LogP contribution in [0.25, 0.3) is 0 Å². The summed E-state index contributed by atoms with van der Waals surface area (Å²) in [5.74, 6) is 0. The lowest BCUT2D eigenvalue weighted by Crippen LogP contribution is -2.15. The summed E-state index contributed by atoms with van der Waals surface area (Å²) in [5, 5.41) is 0. The summed E-state index contributed by atoms with van der Waals surface area (Å²) in [6, 6.07) is 0. The molecule has 0 N–H and O–H groups in total. The second kappa shape index (κ2) is 13.2. The Balaban J connectivity index is 3.11. The Kier molecular flexibility index (Phi) is 12.6. The maximum absolute atomic E-state index is 11.0. The zero-order chi connectivity index (χ0) is 12.8. The van der Waals surface area contributed by atoms with Crippen LogP contribution in [0.5, 0.6) is 0 Å². The topological polar surface area (TPSA) is 63.2 Å². The first kappa shape index (κ1) is 16.1. The lowest BCUT2D eigenvalue weighted by molar-refractivity contribution is 0.00211. The minimum absolute atomic E-state index is 0.180. The Hall–Kier alpha value is -0.850. The van der Waals surface area contributed by atoms with E-state index in [0.717, 1.165) is 0 Å². The summed E-state index contributed by atoms with van der Waals surface area (Å²) in [7, 11) is 0. The Bertz CT molecular complexity index is 173. The van der Waals surface area contributed by atoms with Gasteiger partial charge in [-0.2, -0.15) is 0 Å². The summed E-state index contributed by atoms with van der Waals surface area (Å²) < 4.78 is 24.7. The van der Waals surface area contributed by atoms with Crippen LogP contribution in [-0.4, -0.2) is 59.0 Å². The van der Waals surface area contributed by atoms with Gasteiger partial charge in [-0.25, -0.2) is 4.79 Å². The zero-order valence-corrected chi connectivity index (χ0v) is 10.6. The van der Waals surface area contributed by atoms with Crippen LogP contribution in [0.2, 0.25) is 0 Å². The predicted octanol–water partition coefficient (Wildman–Crippen LogP) is 1.23. The van der Waals surface area contributed by atoms with E-state index in [2.05, 4.69) is 0 Å². The average Bonchev–Trinajstić information content (AvgIpc) is 2.33. The second-order valence-corrected chi connectivity index (χ2v) is 2.95. The molecule has 0 atom stereocenters. The fraction of sp³-hybridized carbons (Fsp3) is 0.909. The quantitative estimate of drug-likeness (QED) is 0.406. The van der Waals surface area contributed by atoms with Gasteiger partial charge in [-0.1, -0.05) is 0 Å². The van der Waals surface area contributed by atoms with Gasteiger partial charge in [0, 0.05) is 13.2 Å². The number of carbonyl (C=O) groups is 1. The molecule has 0 amide bonds. The number of rotatable bonds is 11. The van der Waals surface area contributed by atoms with Crippen LogP contribution in [0.4, 0.5) is 4.79 Å². The maximum atomic E-state index is 11.0. The first-order valence-corrected chi connectivity index (χ1v) is 5.84. The molecule has 0 fully saturated rings. The van der Waals surface area contributed by atoms with Gasteiger partial charge in [0.2, 0.25) is 0 Å². The lowest BCUT2D eigenvalue weighted by Gasteiger charge is -2.07. The van der Waals surface area contributed by atoms with Gasteiger partial charge < -0.3 is 23.7 Å². The van der Waals surface area contributed by atoms with Crippen LogP contribution in [0.15, 0.2) is 0 Å². The molecular weight excluding hydrogens is 228 g/mol. The summed E-state index contributed by atoms with van der Waals surface area (Å²) in [6.07, 6.45) is -0.696. The third-order valence-electron chi connectivity index (χ3n) is 1.68. The molecule has 0 aromatic rings. The molecule has 0 aliphatic carbocycles. The average molecular weight is 250 g/mol. The van der Waals surface area contributed by atoms with Crippen molar-refractivity contribution in [1.29, 1.82) is 0 Å². The molecular formula is C11H22O6. The molecule has 0 aromatic carbocycles. The second-order valence-electron chi connectivity index (χ2n) is 2.95. The standard InChI is InChI=1S/C11H22O6/c1-3-13-5-6-15-8-10-17-11(12)16-9-7-14-4-2/h3-10H2,1-2H3. The van der Waals surface area contributed by atoms with E-state index < -0.39 is 6.16 Å². The zero-order valence-electron chi connectivity index (χ0n) is 10.6. The fourth-order valence-electron chi connectivity index (χ4n) is 0.918. The normalized spacial score (nSPS) is 10.2. The lowest BCUT2D eigenvalue weighted by atomic mass is 10.7. The highest BCUT2D eigenvalue weighted by Gasteiger charge is 2.02. The van der Waals surface area contributed by atoms with Crippen molar-refractivity contribution in [3.8, 4) is 0 Å². The van der Waals surface area contributed by atoms with E-state index in [-0.39, 0.29) is 13.2 Å². The van der Waals surface area contributed by atoms with E-state index >= 15 is 0 Å². The van der Waals surface area contributed by atoms with Gasteiger partial charge in [-0.05, 0) is 13.8 Å². The molecule has 0 saturated carbocycles. The highest BCUT2D eigenvalue weighted by Crippen LogP contribution is 1.87. The molecule has 0 rings (SSSR count). The van der Waals surface area contributed by atoms with Crippen molar-refractivity contribution in [3.05, 3.63) is 0 Å². The molecule has 0 heterocycles. The summed E-state index contributed by atoms with van der Waals surface area (Å²) in [4.78, 5) is 11.0. The van der Waals surface area contributed by atoms with E-state index in [1.54, 1.807) is 0 Å². The molecule has 0 spiro atoms. The molecule has 0 radical (unpaired) electrons. The first-order valence-electron chi connectivity index (χ1n) is 5.84. The SMILES string of the molecule is CCOCCOCCOC(=O)OCCOCC. The van der Waals surface area contributed by atoms with E-state index in [1.807, 2.05) is 13.8 Å². The van der Waals surface area contributed by atoms with Gasteiger partial charge in [-0.15, -0.1) is 0 Å². The van der Waals surface area contributed by atoms with Gasteiger partial charge in [0.25, 0.3) is 0 Å². The Labute approximate surface area is 102 Å². The van der Waals surface area contributed by atoms with Crippen LogP contribution in [0.1, 0.15) is 13.8 Å². The molecule has 102 valence electrons. The number of hydrogen-bond acceptors (Lipinski definition) is 6. The smallest absolute Gasteiger partial charge is 0.432 e.